The van der Waals surface area contributed by atoms with Gasteiger partial charge in [0.2, 0.25) is 0 Å². The minimum absolute atomic E-state index is 0.490. The topological polar surface area (TPSA) is 49.3 Å². The fourth-order valence-corrected chi connectivity index (χ4v) is 2.34. The van der Waals surface area contributed by atoms with Crippen LogP contribution in [0.4, 0.5) is 0 Å². The van der Waals surface area contributed by atoms with Crippen LogP contribution in [0.25, 0.3) is 0 Å². The van der Waals surface area contributed by atoms with Crippen LogP contribution >= 0.6 is 0 Å². The standard InChI is InChI=1S/C14H25NO2/c1-4-11(13(16)17)7-10-15-12-5-8-14(2,3)9-6-12/h7,12,15H,4-6,8-10H2,1-3H3,(H,16,17). The molecule has 0 radical (unpaired) electrons. The van der Waals surface area contributed by atoms with E-state index in [2.05, 4.69) is 19.2 Å². The number of carboxylic acids is 1. The first kappa shape index (κ1) is 14.2. The Balaban J connectivity index is 2.30. The molecule has 1 fully saturated rings. The molecule has 0 aromatic carbocycles. The zero-order valence-corrected chi connectivity index (χ0v) is 11.3. The monoisotopic (exact) mass is 239 g/mol. The SMILES string of the molecule is CCC(=CCNC1CCC(C)(C)CC1)C(=O)O. The Labute approximate surface area is 104 Å². The zero-order chi connectivity index (χ0) is 12.9. The lowest BCUT2D eigenvalue weighted by Gasteiger charge is -2.34. The summed E-state index contributed by atoms with van der Waals surface area (Å²) >= 11 is 0. The summed E-state index contributed by atoms with van der Waals surface area (Å²) in [6.45, 7) is 7.20. The molecule has 3 heteroatoms. The molecule has 1 aliphatic carbocycles. The van der Waals surface area contributed by atoms with Gasteiger partial charge in [0.05, 0.1) is 0 Å². The maximum atomic E-state index is 10.8. The first-order valence-corrected chi connectivity index (χ1v) is 6.60. The molecule has 0 amide bonds. The molecule has 0 saturated heterocycles. The average molecular weight is 239 g/mol. The van der Waals surface area contributed by atoms with Gasteiger partial charge in [-0.2, -0.15) is 0 Å². The summed E-state index contributed by atoms with van der Waals surface area (Å²) in [6.07, 6.45) is 7.32. The van der Waals surface area contributed by atoms with Crippen LogP contribution in [-0.4, -0.2) is 23.7 Å². The molecule has 17 heavy (non-hydrogen) atoms. The summed E-state index contributed by atoms with van der Waals surface area (Å²) in [5.74, 6) is -0.793. The fraction of sp³-hybridized carbons (Fsp3) is 0.786. The van der Waals surface area contributed by atoms with Crippen LogP contribution in [0.5, 0.6) is 0 Å². The van der Waals surface area contributed by atoms with E-state index < -0.39 is 5.97 Å². The van der Waals surface area contributed by atoms with Gasteiger partial charge in [-0.25, -0.2) is 4.79 Å². The molecule has 0 aliphatic heterocycles. The Morgan fingerprint density at radius 2 is 2.00 bits per heavy atom. The van der Waals surface area contributed by atoms with Crippen LogP contribution in [0.1, 0.15) is 52.9 Å². The summed E-state index contributed by atoms with van der Waals surface area (Å²) in [5.41, 5.74) is 0.998. The van der Waals surface area contributed by atoms with Crippen molar-refractivity contribution < 1.29 is 9.90 Å². The molecule has 0 heterocycles. The summed E-state index contributed by atoms with van der Waals surface area (Å²) in [6, 6.07) is 0.561. The van der Waals surface area contributed by atoms with E-state index in [0.717, 1.165) is 0 Å². The molecule has 2 N–H and O–H groups in total. The Bertz CT molecular complexity index is 285. The lowest BCUT2D eigenvalue weighted by atomic mass is 9.75. The highest BCUT2D eigenvalue weighted by Crippen LogP contribution is 2.34. The molecular weight excluding hydrogens is 214 g/mol. The molecule has 0 atom stereocenters. The van der Waals surface area contributed by atoms with E-state index in [9.17, 15) is 4.79 Å². The van der Waals surface area contributed by atoms with E-state index in [1.807, 2.05) is 13.0 Å². The first-order valence-electron chi connectivity index (χ1n) is 6.60. The van der Waals surface area contributed by atoms with E-state index in [1.165, 1.54) is 25.7 Å². The second kappa shape index (κ2) is 6.20. The highest BCUT2D eigenvalue weighted by atomic mass is 16.4. The van der Waals surface area contributed by atoms with Gasteiger partial charge in [0.1, 0.15) is 0 Å². The van der Waals surface area contributed by atoms with Crippen molar-refractivity contribution in [3.63, 3.8) is 0 Å². The van der Waals surface area contributed by atoms with Gasteiger partial charge in [-0.1, -0.05) is 26.8 Å². The Morgan fingerprint density at radius 3 is 2.47 bits per heavy atom. The van der Waals surface area contributed by atoms with Gasteiger partial charge in [0.25, 0.3) is 0 Å². The van der Waals surface area contributed by atoms with Crippen molar-refractivity contribution in [1.29, 1.82) is 0 Å². The molecule has 0 aromatic heterocycles. The van der Waals surface area contributed by atoms with Crippen LogP contribution in [0.15, 0.2) is 11.6 Å². The van der Waals surface area contributed by atoms with Crippen molar-refractivity contribution in [1.82, 2.24) is 5.32 Å². The smallest absolute Gasteiger partial charge is 0.331 e. The van der Waals surface area contributed by atoms with Gasteiger partial charge >= 0.3 is 5.97 Å². The fourth-order valence-electron chi connectivity index (χ4n) is 2.34. The second-order valence-corrected chi connectivity index (χ2v) is 5.73. The molecule has 98 valence electrons. The van der Waals surface area contributed by atoms with E-state index >= 15 is 0 Å². The number of hydrogen-bond donors (Lipinski definition) is 2. The number of aliphatic carboxylic acids is 1. The predicted molar refractivity (Wildman–Crippen MR) is 70.0 cm³/mol. The molecular formula is C14H25NO2. The molecule has 0 unspecified atom stereocenters. The molecule has 0 spiro atoms. The zero-order valence-electron chi connectivity index (χ0n) is 11.3. The molecule has 1 aliphatic rings. The number of hydrogen-bond acceptors (Lipinski definition) is 2. The molecule has 1 saturated carbocycles. The summed E-state index contributed by atoms with van der Waals surface area (Å²) < 4.78 is 0. The first-order chi connectivity index (χ1) is 7.94. The number of rotatable bonds is 5. The normalized spacial score (nSPS) is 21.5. The van der Waals surface area contributed by atoms with Crippen molar-refractivity contribution in [2.24, 2.45) is 5.41 Å². The number of carbonyl (C=O) groups is 1. The maximum absolute atomic E-state index is 10.8. The van der Waals surface area contributed by atoms with Crippen molar-refractivity contribution in [2.75, 3.05) is 6.54 Å². The van der Waals surface area contributed by atoms with Crippen LogP contribution < -0.4 is 5.32 Å². The summed E-state index contributed by atoms with van der Waals surface area (Å²) in [4.78, 5) is 10.8. The molecule has 0 aromatic rings. The minimum Gasteiger partial charge on any atom is -0.478 e. The third-order valence-corrected chi connectivity index (χ3v) is 3.75. The van der Waals surface area contributed by atoms with Crippen LogP contribution in [0.2, 0.25) is 0 Å². The van der Waals surface area contributed by atoms with Gasteiger partial charge in [-0.3, -0.25) is 0 Å². The van der Waals surface area contributed by atoms with E-state index in [0.29, 0.717) is 30.0 Å². The van der Waals surface area contributed by atoms with Crippen molar-refractivity contribution in [3.05, 3.63) is 11.6 Å². The van der Waals surface area contributed by atoms with Gasteiger partial charge in [-0.05, 0) is 37.5 Å². The van der Waals surface area contributed by atoms with Crippen molar-refractivity contribution >= 4 is 5.97 Å². The molecule has 1 rings (SSSR count). The van der Waals surface area contributed by atoms with Gasteiger partial charge in [0.15, 0.2) is 0 Å². The second-order valence-electron chi connectivity index (χ2n) is 5.73. The van der Waals surface area contributed by atoms with Crippen molar-refractivity contribution in [2.45, 2.75) is 58.9 Å². The van der Waals surface area contributed by atoms with Crippen molar-refractivity contribution in [3.8, 4) is 0 Å². The largest absolute Gasteiger partial charge is 0.478 e. The van der Waals surface area contributed by atoms with Crippen LogP contribution in [0, 0.1) is 5.41 Å². The molecule has 3 nitrogen and oxygen atoms in total. The van der Waals surface area contributed by atoms with Gasteiger partial charge < -0.3 is 10.4 Å². The highest BCUT2D eigenvalue weighted by molar-refractivity contribution is 5.86. The predicted octanol–water partition coefficient (Wildman–Crippen LogP) is 2.97. The van der Waals surface area contributed by atoms with Crippen LogP contribution in [0.3, 0.4) is 0 Å². The number of nitrogens with one attached hydrogen (secondary N) is 1. The highest BCUT2D eigenvalue weighted by Gasteiger charge is 2.26. The molecule has 0 bridgehead atoms. The summed E-state index contributed by atoms with van der Waals surface area (Å²) in [7, 11) is 0. The Kier molecular flexibility index (Phi) is 5.19. The Hall–Kier alpha value is -0.830. The lowest BCUT2D eigenvalue weighted by molar-refractivity contribution is -0.132. The lowest BCUT2D eigenvalue weighted by Crippen LogP contribution is -2.35. The summed E-state index contributed by atoms with van der Waals surface area (Å²) in [5, 5.41) is 12.3. The minimum atomic E-state index is -0.793. The van der Waals surface area contributed by atoms with Gasteiger partial charge in [0, 0.05) is 18.2 Å². The van der Waals surface area contributed by atoms with Crippen LogP contribution in [-0.2, 0) is 4.79 Å². The Morgan fingerprint density at radius 1 is 1.41 bits per heavy atom. The van der Waals surface area contributed by atoms with Gasteiger partial charge in [-0.15, -0.1) is 0 Å². The third kappa shape index (κ3) is 4.90. The van der Waals surface area contributed by atoms with E-state index in [4.69, 9.17) is 5.11 Å². The number of carboxylic acid groups (broad SMARTS) is 1. The quantitative estimate of drug-likeness (QED) is 0.725. The average Bonchev–Trinajstić information content (AvgIpc) is 2.26. The maximum Gasteiger partial charge on any atom is 0.331 e. The van der Waals surface area contributed by atoms with E-state index in [1.54, 1.807) is 0 Å². The third-order valence-electron chi connectivity index (χ3n) is 3.75. The van der Waals surface area contributed by atoms with E-state index in [-0.39, 0.29) is 0 Å².